The fourth-order valence-electron chi connectivity index (χ4n) is 3.71. The summed E-state index contributed by atoms with van der Waals surface area (Å²) in [5, 5.41) is 5.65. The summed E-state index contributed by atoms with van der Waals surface area (Å²) in [7, 11) is 0. The number of nitrogens with one attached hydrogen (secondary N) is 2. The highest BCUT2D eigenvalue weighted by Gasteiger charge is 2.15. The summed E-state index contributed by atoms with van der Waals surface area (Å²) in [6.07, 6.45) is 10.3. The topological polar surface area (TPSA) is 83.6 Å². The van der Waals surface area contributed by atoms with E-state index in [1.165, 1.54) is 30.5 Å². The molecule has 0 saturated carbocycles. The Bertz CT molecular complexity index is 1170. The molecule has 7 nitrogen and oxygen atoms in total. The fraction of sp³-hybridized carbons (Fsp3) is 0.222. The van der Waals surface area contributed by atoms with Crippen LogP contribution in [0.25, 0.3) is 6.08 Å². The minimum atomic E-state index is -0.547. The molecular formula is C27H27FN4O3. The van der Waals surface area contributed by atoms with Crippen molar-refractivity contribution in [3.8, 4) is 11.5 Å². The summed E-state index contributed by atoms with van der Waals surface area (Å²) in [6, 6.07) is 14.6. The Kier molecular flexibility index (Phi) is 8.06. The first-order valence-corrected chi connectivity index (χ1v) is 11.6. The molecule has 0 bridgehead atoms. The van der Waals surface area contributed by atoms with E-state index in [0.29, 0.717) is 22.7 Å². The smallest absolute Gasteiger partial charge is 0.321 e. The van der Waals surface area contributed by atoms with Gasteiger partial charge in [-0.05, 0) is 73.0 Å². The van der Waals surface area contributed by atoms with Crippen LogP contribution in [-0.2, 0) is 4.79 Å². The maximum atomic E-state index is 14.4. The summed E-state index contributed by atoms with van der Waals surface area (Å²) in [6.45, 7) is 1.55. The number of carbonyl (C=O) groups is 2. The lowest BCUT2D eigenvalue weighted by molar-refractivity contribution is -0.111. The molecule has 0 radical (unpaired) electrons. The number of nitrogens with zero attached hydrogens (tertiary/aromatic N) is 2. The summed E-state index contributed by atoms with van der Waals surface area (Å²) in [5.41, 5.74) is 1.76. The van der Waals surface area contributed by atoms with Gasteiger partial charge in [0.25, 0.3) is 0 Å². The van der Waals surface area contributed by atoms with E-state index in [2.05, 4.69) is 15.6 Å². The highest BCUT2D eigenvalue weighted by Crippen LogP contribution is 2.25. The summed E-state index contributed by atoms with van der Waals surface area (Å²) >= 11 is 0. The summed E-state index contributed by atoms with van der Waals surface area (Å²) in [5.74, 6) is -0.402. The average molecular weight is 475 g/mol. The Labute approximate surface area is 203 Å². The van der Waals surface area contributed by atoms with Crippen molar-refractivity contribution >= 4 is 29.4 Å². The van der Waals surface area contributed by atoms with E-state index in [1.54, 1.807) is 48.7 Å². The number of pyridine rings is 1. The number of urea groups is 1. The van der Waals surface area contributed by atoms with Gasteiger partial charge in [0.1, 0.15) is 5.75 Å². The van der Waals surface area contributed by atoms with E-state index in [4.69, 9.17) is 4.74 Å². The Morgan fingerprint density at radius 2 is 1.66 bits per heavy atom. The lowest BCUT2D eigenvalue weighted by Gasteiger charge is -2.20. The molecule has 8 heteroatoms. The molecule has 3 aromatic rings. The summed E-state index contributed by atoms with van der Waals surface area (Å²) < 4.78 is 19.8. The maximum absolute atomic E-state index is 14.4. The van der Waals surface area contributed by atoms with Crippen molar-refractivity contribution in [2.24, 2.45) is 0 Å². The molecular weight excluding hydrogens is 447 g/mol. The lowest BCUT2D eigenvalue weighted by Crippen LogP contribution is -2.35. The number of halogens is 1. The molecule has 0 unspecified atom stereocenters. The first-order chi connectivity index (χ1) is 17.1. The van der Waals surface area contributed by atoms with Gasteiger partial charge in [-0.2, -0.15) is 0 Å². The number of carbonyl (C=O) groups excluding carboxylic acids is 2. The van der Waals surface area contributed by atoms with Crippen molar-refractivity contribution < 1.29 is 18.7 Å². The predicted molar refractivity (Wildman–Crippen MR) is 134 cm³/mol. The van der Waals surface area contributed by atoms with Gasteiger partial charge in [-0.15, -0.1) is 0 Å². The van der Waals surface area contributed by atoms with Crippen LogP contribution in [0.1, 0.15) is 31.2 Å². The molecule has 0 spiro atoms. The number of hydrogen-bond donors (Lipinski definition) is 2. The number of anilines is 2. The number of rotatable bonds is 6. The van der Waals surface area contributed by atoms with E-state index in [0.717, 1.165) is 38.8 Å². The molecule has 1 aromatic heterocycles. The van der Waals surface area contributed by atoms with Crippen LogP contribution in [0, 0.1) is 5.82 Å². The fourth-order valence-corrected chi connectivity index (χ4v) is 3.71. The Balaban J connectivity index is 1.29. The Hall–Kier alpha value is -4.20. The minimum absolute atomic E-state index is 0.0719. The van der Waals surface area contributed by atoms with E-state index in [1.807, 2.05) is 4.90 Å². The van der Waals surface area contributed by atoms with Gasteiger partial charge in [-0.3, -0.25) is 9.78 Å². The van der Waals surface area contributed by atoms with Gasteiger partial charge in [0.05, 0.1) is 6.20 Å². The molecule has 1 fully saturated rings. The second-order valence-electron chi connectivity index (χ2n) is 8.21. The van der Waals surface area contributed by atoms with Crippen LogP contribution in [0.2, 0.25) is 0 Å². The number of amides is 3. The zero-order valence-electron chi connectivity index (χ0n) is 19.2. The van der Waals surface area contributed by atoms with Gasteiger partial charge in [0.15, 0.2) is 11.6 Å². The molecule has 4 rings (SSSR count). The standard InChI is InChI=1S/C27H27FN4O3/c28-24-18-20(7-13-25(24)35-23-6-5-15-29-19-23)8-14-26(33)30-21-9-11-22(12-10-21)31-27(34)32-16-3-1-2-4-17-32/h5-15,18-19H,1-4,16-17H2,(H,30,33)(H,31,34)/b14-8+. The van der Waals surface area contributed by atoms with E-state index in [9.17, 15) is 14.0 Å². The van der Waals surface area contributed by atoms with Crippen LogP contribution in [0.4, 0.5) is 20.6 Å². The Morgan fingerprint density at radius 3 is 2.31 bits per heavy atom. The van der Waals surface area contributed by atoms with Gasteiger partial charge in [0.2, 0.25) is 5.91 Å². The van der Waals surface area contributed by atoms with Gasteiger partial charge in [-0.1, -0.05) is 18.9 Å². The number of benzene rings is 2. The number of ether oxygens (including phenoxy) is 1. The molecule has 180 valence electrons. The minimum Gasteiger partial charge on any atom is -0.453 e. The second kappa shape index (κ2) is 11.8. The van der Waals surface area contributed by atoms with Crippen LogP contribution in [-0.4, -0.2) is 34.9 Å². The molecule has 35 heavy (non-hydrogen) atoms. The normalized spacial score (nSPS) is 13.8. The van der Waals surface area contributed by atoms with Crippen molar-refractivity contribution in [3.05, 3.63) is 84.4 Å². The van der Waals surface area contributed by atoms with Gasteiger partial charge < -0.3 is 20.3 Å². The van der Waals surface area contributed by atoms with E-state index < -0.39 is 5.82 Å². The Morgan fingerprint density at radius 1 is 0.943 bits per heavy atom. The monoisotopic (exact) mass is 474 g/mol. The van der Waals surface area contributed by atoms with Gasteiger partial charge in [-0.25, -0.2) is 9.18 Å². The molecule has 2 aromatic carbocycles. The third-order valence-electron chi connectivity index (χ3n) is 5.54. The van der Waals surface area contributed by atoms with Crippen molar-refractivity contribution in [1.82, 2.24) is 9.88 Å². The highest BCUT2D eigenvalue weighted by atomic mass is 19.1. The molecule has 2 heterocycles. The average Bonchev–Trinajstić information content (AvgIpc) is 3.16. The molecule has 3 amide bonds. The molecule has 1 saturated heterocycles. The van der Waals surface area contributed by atoms with Crippen molar-refractivity contribution in [2.45, 2.75) is 25.7 Å². The van der Waals surface area contributed by atoms with Crippen LogP contribution in [0.15, 0.2) is 73.1 Å². The predicted octanol–water partition coefficient (Wildman–Crippen LogP) is 6.07. The van der Waals surface area contributed by atoms with Crippen LogP contribution >= 0.6 is 0 Å². The SMILES string of the molecule is O=C(/C=C/c1ccc(Oc2cccnc2)c(F)c1)Nc1ccc(NC(=O)N2CCCCCC2)cc1. The number of aromatic nitrogens is 1. The maximum Gasteiger partial charge on any atom is 0.321 e. The van der Waals surface area contributed by atoms with Crippen molar-refractivity contribution in [3.63, 3.8) is 0 Å². The molecule has 0 aliphatic carbocycles. The van der Waals surface area contributed by atoms with Crippen molar-refractivity contribution in [1.29, 1.82) is 0 Å². The lowest BCUT2D eigenvalue weighted by atomic mass is 10.2. The largest absolute Gasteiger partial charge is 0.453 e. The molecule has 0 atom stereocenters. The number of hydrogen-bond acceptors (Lipinski definition) is 4. The van der Waals surface area contributed by atoms with E-state index >= 15 is 0 Å². The molecule has 1 aliphatic rings. The van der Waals surface area contributed by atoms with Crippen molar-refractivity contribution in [2.75, 3.05) is 23.7 Å². The van der Waals surface area contributed by atoms with Crippen LogP contribution in [0.5, 0.6) is 11.5 Å². The number of likely N-dealkylation sites (tertiary alicyclic amines) is 1. The molecule has 2 N–H and O–H groups in total. The van der Waals surface area contributed by atoms with Gasteiger partial charge >= 0.3 is 6.03 Å². The highest BCUT2D eigenvalue weighted by molar-refractivity contribution is 6.02. The van der Waals surface area contributed by atoms with E-state index in [-0.39, 0.29) is 17.7 Å². The first kappa shape index (κ1) is 23.9. The second-order valence-corrected chi connectivity index (χ2v) is 8.21. The zero-order valence-corrected chi connectivity index (χ0v) is 19.2. The van der Waals surface area contributed by atoms with Gasteiger partial charge in [0, 0.05) is 36.7 Å². The third kappa shape index (κ3) is 7.14. The van der Waals surface area contributed by atoms with Crippen LogP contribution < -0.4 is 15.4 Å². The first-order valence-electron chi connectivity index (χ1n) is 11.6. The van der Waals surface area contributed by atoms with Crippen LogP contribution in [0.3, 0.4) is 0 Å². The zero-order chi connectivity index (χ0) is 24.5. The summed E-state index contributed by atoms with van der Waals surface area (Å²) in [4.78, 5) is 30.5. The molecule has 1 aliphatic heterocycles. The quantitative estimate of drug-likeness (QED) is 0.425. The third-order valence-corrected chi connectivity index (χ3v) is 5.54.